The lowest BCUT2D eigenvalue weighted by Crippen LogP contribution is -2.33. The van der Waals surface area contributed by atoms with E-state index in [1.54, 1.807) is 0 Å². The number of ether oxygens (including phenoxy) is 1. The van der Waals surface area contributed by atoms with Crippen molar-refractivity contribution >= 4 is 5.91 Å². The van der Waals surface area contributed by atoms with E-state index in [0.717, 1.165) is 5.75 Å². The molecule has 4 heteroatoms. The first kappa shape index (κ1) is 14.5. The summed E-state index contributed by atoms with van der Waals surface area (Å²) < 4.78 is 5.58. The standard InChI is InChI=1S/C14H22N2O2/c1-14(2,3)11-5-4-6-12(9-11)18-8-7-16-13(17)10-15/h4-6,9H,7-8,10,15H2,1-3H3,(H,16,17). The Morgan fingerprint density at radius 3 is 2.72 bits per heavy atom. The molecular formula is C14H22N2O2. The van der Waals surface area contributed by atoms with E-state index in [0.29, 0.717) is 13.2 Å². The number of rotatable bonds is 5. The molecule has 0 fully saturated rings. The minimum absolute atomic E-state index is 0.0134. The Balaban J connectivity index is 2.46. The van der Waals surface area contributed by atoms with Crippen LogP contribution in [0.15, 0.2) is 24.3 Å². The van der Waals surface area contributed by atoms with Crippen LogP contribution in [0.2, 0.25) is 0 Å². The first-order valence-corrected chi connectivity index (χ1v) is 6.13. The third kappa shape index (κ3) is 4.75. The Kier molecular flexibility index (Phi) is 5.16. The summed E-state index contributed by atoms with van der Waals surface area (Å²) in [7, 11) is 0. The highest BCUT2D eigenvalue weighted by Gasteiger charge is 2.13. The average molecular weight is 250 g/mol. The van der Waals surface area contributed by atoms with Crippen LogP contribution in [0, 0.1) is 0 Å². The van der Waals surface area contributed by atoms with Crippen LogP contribution in [0.3, 0.4) is 0 Å². The molecule has 0 aliphatic rings. The average Bonchev–Trinajstić information content (AvgIpc) is 2.33. The molecular weight excluding hydrogens is 228 g/mol. The summed E-state index contributed by atoms with van der Waals surface area (Å²) in [5.41, 5.74) is 6.51. The van der Waals surface area contributed by atoms with Gasteiger partial charge in [-0.2, -0.15) is 0 Å². The van der Waals surface area contributed by atoms with Gasteiger partial charge in [-0.25, -0.2) is 0 Å². The molecule has 0 spiro atoms. The fraction of sp³-hybridized carbons (Fsp3) is 0.500. The van der Waals surface area contributed by atoms with Gasteiger partial charge in [-0.3, -0.25) is 4.79 Å². The summed E-state index contributed by atoms with van der Waals surface area (Å²) in [6.45, 7) is 7.41. The van der Waals surface area contributed by atoms with E-state index in [-0.39, 0.29) is 17.9 Å². The van der Waals surface area contributed by atoms with Crippen LogP contribution in [0.5, 0.6) is 5.75 Å². The number of nitrogens with two attached hydrogens (primary N) is 1. The highest BCUT2D eigenvalue weighted by atomic mass is 16.5. The van der Waals surface area contributed by atoms with Crippen LogP contribution in [-0.4, -0.2) is 25.6 Å². The smallest absolute Gasteiger partial charge is 0.233 e. The number of hydrogen-bond donors (Lipinski definition) is 2. The molecule has 1 amide bonds. The molecule has 1 rings (SSSR count). The summed E-state index contributed by atoms with van der Waals surface area (Å²) in [5.74, 6) is 0.659. The van der Waals surface area contributed by atoms with Gasteiger partial charge in [0.1, 0.15) is 12.4 Å². The quantitative estimate of drug-likeness (QED) is 0.777. The van der Waals surface area contributed by atoms with Crippen molar-refractivity contribution in [2.24, 2.45) is 5.73 Å². The largest absolute Gasteiger partial charge is 0.492 e. The zero-order chi connectivity index (χ0) is 13.6. The molecule has 0 radical (unpaired) electrons. The van der Waals surface area contributed by atoms with Crippen molar-refractivity contribution in [2.45, 2.75) is 26.2 Å². The van der Waals surface area contributed by atoms with Gasteiger partial charge in [-0.05, 0) is 23.1 Å². The normalized spacial score (nSPS) is 11.1. The van der Waals surface area contributed by atoms with Gasteiger partial charge in [0.05, 0.1) is 13.1 Å². The molecule has 0 saturated carbocycles. The van der Waals surface area contributed by atoms with E-state index in [1.807, 2.05) is 18.2 Å². The molecule has 0 bridgehead atoms. The maximum atomic E-state index is 10.9. The Morgan fingerprint density at radius 2 is 2.11 bits per heavy atom. The minimum Gasteiger partial charge on any atom is -0.492 e. The zero-order valence-electron chi connectivity index (χ0n) is 11.3. The van der Waals surface area contributed by atoms with Gasteiger partial charge in [0, 0.05) is 0 Å². The maximum Gasteiger partial charge on any atom is 0.233 e. The van der Waals surface area contributed by atoms with Crippen molar-refractivity contribution in [3.05, 3.63) is 29.8 Å². The van der Waals surface area contributed by atoms with E-state index in [1.165, 1.54) is 5.56 Å². The molecule has 4 nitrogen and oxygen atoms in total. The summed E-state index contributed by atoms with van der Waals surface area (Å²) in [6.07, 6.45) is 0. The maximum absolute atomic E-state index is 10.9. The first-order valence-electron chi connectivity index (χ1n) is 6.13. The number of benzene rings is 1. The van der Waals surface area contributed by atoms with Crippen molar-refractivity contribution in [1.82, 2.24) is 5.32 Å². The predicted octanol–water partition coefficient (Wildman–Crippen LogP) is 1.44. The molecule has 18 heavy (non-hydrogen) atoms. The molecule has 0 aromatic heterocycles. The van der Waals surface area contributed by atoms with E-state index in [9.17, 15) is 4.79 Å². The summed E-state index contributed by atoms with van der Waals surface area (Å²) in [6, 6.07) is 8.02. The Hall–Kier alpha value is -1.55. The van der Waals surface area contributed by atoms with Gasteiger partial charge in [0.25, 0.3) is 0 Å². The lowest BCUT2D eigenvalue weighted by molar-refractivity contribution is -0.119. The van der Waals surface area contributed by atoms with E-state index in [2.05, 4.69) is 32.2 Å². The van der Waals surface area contributed by atoms with E-state index < -0.39 is 0 Å². The fourth-order valence-electron chi connectivity index (χ4n) is 1.48. The molecule has 0 aliphatic heterocycles. The number of amides is 1. The second-order valence-electron chi connectivity index (χ2n) is 5.18. The molecule has 100 valence electrons. The van der Waals surface area contributed by atoms with Gasteiger partial charge in [0.2, 0.25) is 5.91 Å². The van der Waals surface area contributed by atoms with E-state index >= 15 is 0 Å². The number of carbonyl (C=O) groups excluding carboxylic acids is 1. The monoisotopic (exact) mass is 250 g/mol. The lowest BCUT2D eigenvalue weighted by Gasteiger charge is -2.19. The first-order chi connectivity index (χ1) is 8.43. The molecule has 1 aromatic carbocycles. The van der Waals surface area contributed by atoms with Crippen molar-refractivity contribution in [1.29, 1.82) is 0 Å². The van der Waals surface area contributed by atoms with Gasteiger partial charge in [0.15, 0.2) is 0 Å². The third-order valence-corrected chi connectivity index (χ3v) is 2.58. The number of hydrogen-bond acceptors (Lipinski definition) is 3. The number of carbonyl (C=O) groups is 1. The molecule has 3 N–H and O–H groups in total. The van der Waals surface area contributed by atoms with Gasteiger partial charge in [-0.15, -0.1) is 0 Å². The van der Waals surface area contributed by atoms with E-state index in [4.69, 9.17) is 10.5 Å². The second-order valence-corrected chi connectivity index (χ2v) is 5.18. The SMILES string of the molecule is CC(C)(C)c1cccc(OCCNC(=O)CN)c1. The zero-order valence-corrected chi connectivity index (χ0v) is 11.3. The molecule has 0 unspecified atom stereocenters. The van der Waals surface area contributed by atoms with Crippen LogP contribution in [0.25, 0.3) is 0 Å². The fourth-order valence-corrected chi connectivity index (χ4v) is 1.48. The summed E-state index contributed by atoms with van der Waals surface area (Å²) in [5, 5.41) is 2.66. The highest BCUT2D eigenvalue weighted by molar-refractivity contribution is 5.77. The van der Waals surface area contributed by atoms with Crippen LogP contribution in [0.1, 0.15) is 26.3 Å². The second kappa shape index (κ2) is 6.40. The Labute approximate surface area is 109 Å². The minimum atomic E-state index is -0.165. The predicted molar refractivity (Wildman–Crippen MR) is 72.7 cm³/mol. The summed E-state index contributed by atoms with van der Waals surface area (Å²) >= 11 is 0. The van der Waals surface area contributed by atoms with Crippen LogP contribution in [0.4, 0.5) is 0 Å². The third-order valence-electron chi connectivity index (χ3n) is 2.58. The lowest BCUT2D eigenvalue weighted by atomic mass is 9.87. The van der Waals surface area contributed by atoms with Crippen molar-refractivity contribution in [3.8, 4) is 5.75 Å². The molecule has 0 aliphatic carbocycles. The topological polar surface area (TPSA) is 64.3 Å². The Bertz CT molecular complexity index is 397. The Morgan fingerprint density at radius 1 is 1.39 bits per heavy atom. The van der Waals surface area contributed by atoms with Crippen LogP contribution < -0.4 is 15.8 Å². The van der Waals surface area contributed by atoms with Gasteiger partial charge >= 0.3 is 0 Å². The van der Waals surface area contributed by atoms with Gasteiger partial charge < -0.3 is 15.8 Å². The van der Waals surface area contributed by atoms with Gasteiger partial charge in [-0.1, -0.05) is 32.9 Å². The summed E-state index contributed by atoms with van der Waals surface area (Å²) in [4.78, 5) is 10.9. The molecule has 1 aromatic rings. The van der Waals surface area contributed by atoms with Crippen molar-refractivity contribution < 1.29 is 9.53 Å². The van der Waals surface area contributed by atoms with Crippen LogP contribution in [-0.2, 0) is 10.2 Å². The molecule has 0 heterocycles. The van der Waals surface area contributed by atoms with Crippen molar-refractivity contribution in [3.63, 3.8) is 0 Å². The van der Waals surface area contributed by atoms with Crippen LogP contribution >= 0.6 is 0 Å². The number of nitrogens with one attached hydrogen (secondary N) is 1. The highest BCUT2D eigenvalue weighted by Crippen LogP contribution is 2.25. The molecule has 0 saturated heterocycles. The molecule has 0 atom stereocenters. The van der Waals surface area contributed by atoms with Crippen molar-refractivity contribution in [2.75, 3.05) is 19.7 Å².